The lowest BCUT2D eigenvalue weighted by Gasteiger charge is -2.30. The second kappa shape index (κ2) is 6.01. The molecule has 0 radical (unpaired) electrons. The number of amides is 1. The maximum Gasteiger partial charge on any atom is 0.273 e. The summed E-state index contributed by atoms with van der Waals surface area (Å²) in [6, 6.07) is 2.01. The van der Waals surface area contributed by atoms with E-state index in [-0.39, 0.29) is 11.9 Å². The molecular formula is C14H19N3O2S. The van der Waals surface area contributed by atoms with Gasteiger partial charge in [-0.05, 0) is 31.1 Å². The number of hydrogen-bond donors (Lipinski definition) is 1. The molecule has 6 heteroatoms. The molecule has 1 N–H and O–H groups in total. The first-order chi connectivity index (χ1) is 9.76. The minimum atomic E-state index is -0.115. The number of nitrogens with one attached hydrogen (secondary N) is 1. The molecule has 1 saturated carbocycles. The summed E-state index contributed by atoms with van der Waals surface area (Å²) in [6.45, 7) is 5.65. The molecule has 5 nitrogen and oxygen atoms in total. The van der Waals surface area contributed by atoms with Gasteiger partial charge < -0.3 is 9.84 Å². The number of hydrogen-bond acceptors (Lipinski definition) is 5. The molecule has 1 saturated heterocycles. The van der Waals surface area contributed by atoms with Crippen molar-refractivity contribution in [3.63, 3.8) is 0 Å². The van der Waals surface area contributed by atoms with Crippen LogP contribution in [0.1, 0.15) is 47.8 Å². The Morgan fingerprint density at radius 1 is 1.45 bits per heavy atom. The van der Waals surface area contributed by atoms with Gasteiger partial charge in [-0.3, -0.25) is 4.79 Å². The third kappa shape index (κ3) is 3.24. The van der Waals surface area contributed by atoms with E-state index in [4.69, 9.17) is 4.52 Å². The SMILES string of the molecule is C=CSN1CCC(NC(=O)c2cc(C3CC3)on2)CC1. The molecule has 1 aromatic rings. The van der Waals surface area contributed by atoms with Crippen molar-refractivity contribution in [2.24, 2.45) is 0 Å². The molecule has 0 atom stereocenters. The predicted octanol–water partition coefficient (Wildman–Crippen LogP) is 2.54. The third-order valence-corrected chi connectivity index (χ3v) is 4.57. The van der Waals surface area contributed by atoms with Gasteiger partial charge in [-0.15, -0.1) is 0 Å². The van der Waals surface area contributed by atoms with Crippen LogP contribution >= 0.6 is 11.9 Å². The molecule has 2 aliphatic rings. The zero-order valence-electron chi connectivity index (χ0n) is 11.4. The fourth-order valence-electron chi connectivity index (χ4n) is 2.43. The predicted molar refractivity (Wildman–Crippen MR) is 78.3 cm³/mol. The summed E-state index contributed by atoms with van der Waals surface area (Å²) in [5, 5.41) is 8.76. The zero-order valence-corrected chi connectivity index (χ0v) is 12.2. The van der Waals surface area contributed by atoms with Gasteiger partial charge in [0.25, 0.3) is 5.91 Å². The second-order valence-electron chi connectivity index (χ2n) is 5.34. The van der Waals surface area contributed by atoms with Gasteiger partial charge in [0.05, 0.1) is 0 Å². The monoisotopic (exact) mass is 293 g/mol. The van der Waals surface area contributed by atoms with Gasteiger partial charge in [0.2, 0.25) is 0 Å². The number of rotatable bonds is 5. The Hall–Kier alpha value is -1.27. The van der Waals surface area contributed by atoms with E-state index in [1.165, 1.54) is 0 Å². The van der Waals surface area contributed by atoms with Gasteiger partial charge in [0, 0.05) is 31.1 Å². The maximum atomic E-state index is 12.1. The normalized spacial score (nSPS) is 20.8. The fourth-order valence-corrected chi connectivity index (χ4v) is 3.06. The molecule has 0 bridgehead atoms. The molecule has 2 heterocycles. The number of nitrogens with zero attached hydrogens (tertiary/aromatic N) is 2. The highest BCUT2D eigenvalue weighted by Crippen LogP contribution is 2.40. The van der Waals surface area contributed by atoms with Crippen LogP contribution in [0, 0.1) is 0 Å². The topological polar surface area (TPSA) is 58.4 Å². The fraction of sp³-hybridized carbons (Fsp3) is 0.571. The summed E-state index contributed by atoms with van der Waals surface area (Å²) in [4.78, 5) is 12.1. The lowest BCUT2D eigenvalue weighted by atomic mass is 10.1. The molecule has 1 amide bonds. The summed E-state index contributed by atoms with van der Waals surface area (Å²) in [5.74, 6) is 1.23. The molecular weight excluding hydrogens is 274 g/mol. The van der Waals surface area contributed by atoms with Crippen molar-refractivity contribution >= 4 is 17.9 Å². The summed E-state index contributed by atoms with van der Waals surface area (Å²) in [6.07, 6.45) is 4.21. The van der Waals surface area contributed by atoms with Crippen LogP contribution in [0.2, 0.25) is 0 Å². The van der Waals surface area contributed by atoms with E-state index in [2.05, 4.69) is 21.4 Å². The minimum absolute atomic E-state index is 0.115. The summed E-state index contributed by atoms with van der Waals surface area (Å²) >= 11 is 1.64. The molecule has 108 valence electrons. The van der Waals surface area contributed by atoms with E-state index in [1.807, 2.05) is 5.41 Å². The van der Waals surface area contributed by atoms with Crippen LogP contribution < -0.4 is 5.32 Å². The maximum absolute atomic E-state index is 12.1. The molecule has 0 unspecified atom stereocenters. The Morgan fingerprint density at radius 3 is 2.85 bits per heavy atom. The molecule has 0 aromatic carbocycles. The highest BCUT2D eigenvalue weighted by atomic mass is 32.2. The lowest BCUT2D eigenvalue weighted by molar-refractivity contribution is 0.0915. The Bertz CT molecular complexity index is 490. The Labute approximate surface area is 122 Å². The minimum Gasteiger partial charge on any atom is -0.360 e. The van der Waals surface area contributed by atoms with E-state index in [9.17, 15) is 4.79 Å². The molecule has 20 heavy (non-hydrogen) atoms. The van der Waals surface area contributed by atoms with E-state index in [0.717, 1.165) is 44.5 Å². The summed E-state index contributed by atoms with van der Waals surface area (Å²) in [5.41, 5.74) is 0.412. The largest absolute Gasteiger partial charge is 0.360 e. The van der Waals surface area contributed by atoms with Gasteiger partial charge in [0.1, 0.15) is 5.76 Å². The van der Waals surface area contributed by atoms with Crippen molar-refractivity contribution in [1.82, 2.24) is 14.8 Å². The highest BCUT2D eigenvalue weighted by Gasteiger charge is 2.29. The van der Waals surface area contributed by atoms with Crippen LogP contribution in [0.3, 0.4) is 0 Å². The average molecular weight is 293 g/mol. The van der Waals surface area contributed by atoms with Crippen LogP contribution in [-0.4, -0.2) is 34.5 Å². The molecule has 3 rings (SSSR count). The van der Waals surface area contributed by atoms with E-state index in [0.29, 0.717) is 11.6 Å². The summed E-state index contributed by atoms with van der Waals surface area (Å²) in [7, 11) is 0. The molecule has 1 aliphatic carbocycles. The van der Waals surface area contributed by atoms with Crippen molar-refractivity contribution < 1.29 is 9.32 Å². The van der Waals surface area contributed by atoms with Crippen LogP contribution in [0.5, 0.6) is 0 Å². The van der Waals surface area contributed by atoms with E-state index >= 15 is 0 Å². The molecule has 2 fully saturated rings. The second-order valence-corrected chi connectivity index (χ2v) is 6.40. The van der Waals surface area contributed by atoms with E-state index in [1.54, 1.807) is 18.0 Å². The van der Waals surface area contributed by atoms with Gasteiger partial charge in [0.15, 0.2) is 5.69 Å². The smallest absolute Gasteiger partial charge is 0.273 e. The van der Waals surface area contributed by atoms with Crippen LogP contribution in [0.4, 0.5) is 0 Å². The van der Waals surface area contributed by atoms with Gasteiger partial charge in [-0.2, -0.15) is 0 Å². The number of piperidine rings is 1. The zero-order chi connectivity index (χ0) is 13.9. The Kier molecular flexibility index (Phi) is 4.12. The van der Waals surface area contributed by atoms with Crippen molar-refractivity contribution in [1.29, 1.82) is 0 Å². The van der Waals surface area contributed by atoms with Crippen molar-refractivity contribution in [2.75, 3.05) is 13.1 Å². The third-order valence-electron chi connectivity index (χ3n) is 3.75. The number of carbonyl (C=O) groups excluding carboxylic acids is 1. The van der Waals surface area contributed by atoms with Gasteiger partial charge in [-0.1, -0.05) is 23.7 Å². The first-order valence-electron chi connectivity index (χ1n) is 7.06. The summed E-state index contributed by atoms with van der Waals surface area (Å²) < 4.78 is 7.48. The highest BCUT2D eigenvalue weighted by molar-refractivity contribution is 7.99. The number of aromatic nitrogens is 1. The van der Waals surface area contributed by atoms with Crippen LogP contribution in [0.15, 0.2) is 22.6 Å². The van der Waals surface area contributed by atoms with Gasteiger partial charge in [-0.25, -0.2) is 4.31 Å². The molecule has 0 spiro atoms. The van der Waals surface area contributed by atoms with Crippen molar-refractivity contribution in [3.8, 4) is 0 Å². The first-order valence-corrected chi connectivity index (χ1v) is 7.90. The van der Waals surface area contributed by atoms with Crippen LogP contribution in [-0.2, 0) is 0 Å². The Morgan fingerprint density at radius 2 is 2.20 bits per heavy atom. The lowest BCUT2D eigenvalue weighted by Crippen LogP contribution is -2.42. The van der Waals surface area contributed by atoms with Crippen LogP contribution in [0.25, 0.3) is 0 Å². The Balaban J connectivity index is 1.50. The first kappa shape index (κ1) is 13.7. The molecule has 1 aromatic heterocycles. The number of carbonyl (C=O) groups is 1. The standard InChI is InChI=1S/C14H19N3O2S/c1-2-20-17-7-5-11(6-8-17)15-14(18)12-9-13(19-16-12)10-3-4-10/h2,9-11H,1,3-8H2,(H,15,18). The van der Waals surface area contributed by atoms with Crippen molar-refractivity contribution in [2.45, 2.75) is 37.6 Å². The van der Waals surface area contributed by atoms with Crippen molar-refractivity contribution in [3.05, 3.63) is 29.5 Å². The van der Waals surface area contributed by atoms with Gasteiger partial charge >= 0.3 is 0 Å². The average Bonchev–Trinajstić information content (AvgIpc) is 3.19. The van der Waals surface area contributed by atoms with E-state index < -0.39 is 0 Å². The molecule has 1 aliphatic heterocycles. The quantitative estimate of drug-likeness (QED) is 0.845.